The SMILES string of the molecule is O=C1NC=CN(S(=O)(=O)C(F)(F)F)C1CC1(c2ccc(C3=NCCN3)cc2)CNN=N1. The van der Waals surface area contributed by atoms with Gasteiger partial charge in [0.2, 0.25) is 5.91 Å². The van der Waals surface area contributed by atoms with Crippen molar-refractivity contribution in [2.45, 2.75) is 23.5 Å². The van der Waals surface area contributed by atoms with Crippen molar-refractivity contribution in [3.8, 4) is 0 Å². The molecule has 3 heterocycles. The lowest BCUT2D eigenvalue weighted by atomic mass is 9.84. The number of amides is 1. The first-order chi connectivity index (χ1) is 14.6. The Morgan fingerprint density at radius 2 is 1.97 bits per heavy atom. The Kier molecular flexibility index (Phi) is 5.11. The minimum absolute atomic E-state index is 0.0347. The van der Waals surface area contributed by atoms with Crippen LogP contribution in [0.3, 0.4) is 0 Å². The lowest BCUT2D eigenvalue weighted by Gasteiger charge is -2.36. The zero-order valence-electron chi connectivity index (χ0n) is 15.9. The average Bonchev–Trinajstić information content (AvgIpc) is 3.41. The first kappa shape index (κ1) is 21.1. The lowest BCUT2D eigenvalue weighted by molar-refractivity contribution is -0.125. The van der Waals surface area contributed by atoms with E-state index in [0.717, 1.165) is 24.1 Å². The molecule has 10 nitrogen and oxygen atoms in total. The number of carbonyl (C=O) groups is 1. The number of halogens is 3. The molecule has 1 amide bonds. The van der Waals surface area contributed by atoms with Crippen molar-refractivity contribution in [1.82, 2.24) is 20.4 Å². The molecule has 31 heavy (non-hydrogen) atoms. The number of nitrogens with one attached hydrogen (secondary N) is 3. The molecule has 2 atom stereocenters. The number of aliphatic imine (C=N–C) groups is 1. The molecule has 1 aromatic carbocycles. The van der Waals surface area contributed by atoms with Gasteiger partial charge < -0.3 is 10.6 Å². The van der Waals surface area contributed by atoms with E-state index >= 15 is 0 Å². The van der Waals surface area contributed by atoms with Gasteiger partial charge in [-0.05, 0) is 5.56 Å². The van der Waals surface area contributed by atoms with Gasteiger partial charge in [-0.25, -0.2) is 0 Å². The second-order valence-corrected chi connectivity index (χ2v) is 8.96. The molecular formula is C17H18F3N7O3S. The van der Waals surface area contributed by atoms with Crippen LogP contribution in [0.4, 0.5) is 13.2 Å². The molecule has 0 fully saturated rings. The maximum absolute atomic E-state index is 13.2. The highest BCUT2D eigenvalue weighted by Gasteiger charge is 2.54. The van der Waals surface area contributed by atoms with Crippen LogP contribution >= 0.6 is 0 Å². The number of amidine groups is 1. The highest BCUT2D eigenvalue weighted by molar-refractivity contribution is 7.90. The molecule has 1 aromatic rings. The van der Waals surface area contributed by atoms with Gasteiger partial charge in [0.15, 0.2) is 0 Å². The Bertz CT molecular complexity index is 1070. The quantitative estimate of drug-likeness (QED) is 0.600. The fraction of sp³-hybridized carbons (Fsp3) is 0.412. The van der Waals surface area contributed by atoms with Gasteiger partial charge in [0, 0.05) is 30.9 Å². The number of nitrogens with zero attached hydrogens (tertiary/aromatic N) is 4. The van der Waals surface area contributed by atoms with E-state index in [1.165, 1.54) is 0 Å². The van der Waals surface area contributed by atoms with E-state index in [2.05, 4.69) is 31.4 Å². The summed E-state index contributed by atoms with van der Waals surface area (Å²) in [5.74, 6) is -0.163. The van der Waals surface area contributed by atoms with Crippen LogP contribution in [-0.4, -0.2) is 55.7 Å². The van der Waals surface area contributed by atoms with Crippen molar-refractivity contribution in [2.75, 3.05) is 19.6 Å². The van der Waals surface area contributed by atoms with Gasteiger partial charge in [-0.1, -0.05) is 29.5 Å². The molecule has 0 aliphatic carbocycles. The molecular weight excluding hydrogens is 439 g/mol. The predicted octanol–water partition coefficient (Wildman–Crippen LogP) is 0.713. The highest BCUT2D eigenvalue weighted by atomic mass is 32.2. The van der Waals surface area contributed by atoms with E-state index in [1.807, 2.05) is 0 Å². The summed E-state index contributed by atoms with van der Waals surface area (Å²) in [7, 11) is -5.78. The molecule has 3 aliphatic rings. The maximum Gasteiger partial charge on any atom is 0.516 e. The fourth-order valence-electron chi connectivity index (χ4n) is 3.63. The van der Waals surface area contributed by atoms with Crippen LogP contribution in [0.15, 0.2) is 52.0 Å². The minimum atomic E-state index is -5.78. The van der Waals surface area contributed by atoms with Crippen LogP contribution < -0.4 is 16.1 Å². The normalized spacial score (nSPS) is 25.8. The van der Waals surface area contributed by atoms with Crippen molar-refractivity contribution in [1.29, 1.82) is 0 Å². The third kappa shape index (κ3) is 3.71. The summed E-state index contributed by atoms with van der Waals surface area (Å²) in [4.78, 5) is 16.7. The van der Waals surface area contributed by atoms with Gasteiger partial charge in [-0.2, -0.15) is 26.7 Å². The standard InChI is InChI=1S/C17H18F3N7O3S/c18-17(19,20)31(29,30)27-8-7-23-15(28)13(27)9-16(10-24-26-25-16)12-3-1-11(2-4-12)14-21-5-6-22-14/h1-4,7-8,13H,5-6,9-10H2,(H,21,22)(H,23,28)(H,24,25). The molecule has 14 heteroatoms. The van der Waals surface area contributed by atoms with Gasteiger partial charge >= 0.3 is 15.5 Å². The van der Waals surface area contributed by atoms with E-state index < -0.39 is 33.0 Å². The van der Waals surface area contributed by atoms with E-state index in [0.29, 0.717) is 18.3 Å². The Morgan fingerprint density at radius 3 is 2.55 bits per heavy atom. The Labute approximate surface area is 175 Å². The minimum Gasteiger partial charge on any atom is -0.368 e. The summed E-state index contributed by atoms with van der Waals surface area (Å²) in [6, 6.07) is 5.29. The molecule has 3 N–H and O–H groups in total. The molecule has 0 saturated heterocycles. The third-order valence-corrected chi connectivity index (χ3v) is 6.73. The van der Waals surface area contributed by atoms with Gasteiger partial charge in [0.05, 0.1) is 13.1 Å². The smallest absolute Gasteiger partial charge is 0.368 e. The summed E-state index contributed by atoms with van der Waals surface area (Å²) in [6.07, 6.45) is 1.19. The van der Waals surface area contributed by atoms with Crippen LogP contribution in [-0.2, 0) is 20.4 Å². The van der Waals surface area contributed by atoms with Gasteiger partial charge in [0.1, 0.15) is 17.4 Å². The van der Waals surface area contributed by atoms with E-state index in [9.17, 15) is 26.4 Å². The van der Waals surface area contributed by atoms with Crippen molar-refractivity contribution >= 4 is 21.8 Å². The maximum atomic E-state index is 13.2. The number of rotatable bonds is 5. The van der Waals surface area contributed by atoms with E-state index in [-0.39, 0.29) is 17.3 Å². The number of sulfonamides is 1. The van der Waals surface area contributed by atoms with E-state index in [4.69, 9.17) is 0 Å². The topological polar surface area (TPSA) is 128 Å². The third-order valence-electron chi connectivity index (χ3n) is 5.21. The van der Waals surface area contributed by atoms with Crippen LogP contribution in [0.25, 0.3) is 0 Å². The monoisotopic (exact) mass is 457 g/mol. The summed E-state index contributed by atoms with van der Waals surface area (Å²) < 4.78 is 63.7. The number of hydrogen-bond acceptors (Lipinski definition) is 8. The molecule has 3 aliphatic heterocycles. The van der Waals surface area contributed by atoms with Crippen molar-refractivity contribution < 1.29 is 26.4 Å². The molecule has 0 radical (unpaired) electrons. The largest absolute Gasteiger partial charge is 0.516 e. The van der Waals surface area contributed by atoms with Crippen LogP contribution in [0, 0.1) is 0 Å². The highest BCUT2D eigenvalue weighted by Crippen LogP contribution is 2.38. The van der Waals surface area contributed by atoms with E-state index in [1.54, 1.807) is 24.3 Å². The number of alkyl halides is 3. The fourth-order valence-corrected chi connectivity index (χ4v) is 4.60. The first-order valence-electron chi connectivity index (χ1n) is 9.25. The average molecular weight is 457 g/mol. The lowest BCUT2D eigenvalue weighted by Crippen LogP contribution is -2.54. The molecule has 166 valence electrons. The molecule has 0 bridgehead atoms. The second kappa shape index (κ2) is 7.51. The van der Waals surface area contributed by atoms with Crippen LogP contribution in [0.1, 0.15) is 17.5 Å². The van der Waals surface area contributed by atoms with Gasteiger partial charge in [0.25, 0.3) is 0 Å². The van der Waals surface area contributed by atoms with Crippen LogP contribution in [0.2, 0.25) is 0 Å². The second-order valence-electron chi connectivity index (χ2n) is 7.13. The first-order valence-corrected chi connectivity index (χ1v) is 10.7. The Hall–Kier alpha value is -3.16. The summed E-state index contributed by atoms with van der Waals surface area (Å²) >= 11 is 0. The van der Waals surface area contributed by atoms with Crippen molar-refractivity contribution in [2.24, 2.45) is 15.3 Å². The summed E-state index contributed by atoms with van der Waals surface area (Å²) in [5.41, 5.74) is -2.77. The molecule has 4 rings (SSSR count). The summed E-state index contributed by atoms with van der Waals surface area (Å²) in [5, 5.41) is 13.3. The zero-order valence-corrected chi connectivity index (χ0v) is 16.7. The number of hydrogen-bond donors (Lipinski definition) is 3. The van der Waals surface area contributed by atoms with Crippen molar-refractivity contribution in [3.05, 3.63) is 47.8 Å². The number of carbonyl (C=O) groups excluding carboxylic acids is 1. The zero-order chi connectivity index (χ0) is 22.3. The van der Waals surface area contributed by atoms with Gasteiger partial charge in [-0.15, -0.1) is 0 Å². The van der Waals surface area contributed by atoms with Crippen molar-refractivity contribution in [3.63, 3.8) is 0 Å². The molecule has 0 aromatic heterocycles. The Balaban J connectivity index is 1.67. The molecule has 0 saturated carbocycles. The number of benzene rings is 1. The van der Waals surface area contributed by atoms with Gasteiger partial charge in [-0.3, -0.25) is 19.5 Å². The molecule has 0 spiro atoms. The Morgan fingerprint density at radius 1 is 1.23 bits per heavy atom. The summed E-state index contributed by atoms with van der Waals surface area (Å²) in [6.45, 7) is 1.47. The van der Waals surface area contributed by atoms with Crippen LogP contribution in [0.5, 0.6) is 0 Å². The molecule has 2 unspecified atom stereocenters. The predicted molar refractivity (Wildman–Crippen MR) is 103 cm³/mol.